The Labute approximate surface area is 106 Å². The summed E-state index contributed by atoms with van der Waals surface area (Å²) in [4.78, 5) is 4.28. The number of nitrogen functional groups attached to an aromatic ring is 1. The van der Waals surface area contributed by atoms with E-state index in [2.05, 4.69) is 26.0 Å². The molecule has 0 amide bonds. The number of rotatable bonds is 4. The molecule has 0 aliphatic rings. The van der Waals surface area contributed by atoms with E-state index in [-0.39, 0.29) is 0 Å². The van der Waals surface area contributed by atoms with Crippen LogP contribution in [0.3, 0.4) is 0 Å². The molecule has 0 bridgehead atoms. The average Bonchev–Trinajstić information content (AvgIpc) is 2.67. The summed E-state index contributed by atoms with van der Waals surface area (Å²) in [5, 5.41) is 5.13. The molecule has 0 fully saturated rings. The molecule has 0 aliphatic carbocycles. The zero-order valence-corrected chi connectivity index (χ0v) is 10.9. The smallest absolute Gasteiger partial charge is 0.145 e. The molecule has 2 aromatic heterocycles. The predicted octanol–water partition coefficient (Wildman–Crippen LogP) is 2.42. The second kappa shape index (κ2) is 5.36. The molecule has 2 aromatic rings. The van der Waals surface area contributed by atoms with Gasteiger partial charge in [-0.1, -0.05) is 0 Å². The Hall–Kier alpha value is -1.01. The number of nitrogens with two attached hydrogens (primary N) is 1. The third-order valence-corrected chi connectivity index (χ3v) is 3.32. The third kappa shape index (κ3) is 3.24. The molecule has 6 heteroatoms. The van der Waals surface area contributed by atoms with E-state index in [1.54, 1.807) is 24.0 Å². The van der Waals surface area contributed by atoms with Crippen molar-refractivity contribution in [3.8, 4) is 0 Å². The minimum Gasteiger partial charge on any atom is -0.382 e. The zero-order chi connectivity index (χ0) is 11.4. The van der Waals surface area contributed by atoms with Gasteiger partial charge in [0, 0.05) is 22.6 Å². The topological polar surface area (TPSA) is 56.7 Å². The molecule has 2 N–H and O–H groups in total. The van der Waals surface area contributed by atoms with Crippen LogP contribution in [0.25, 0.3) is 0 Å². The summed E-state index contributed by atoms with van der Waals surface area (Å²) >= 11 is 5.05. The molecular weight excluding hydrogens is 288 g/mol. The van der Waals surface area contributed by atoms with Crippen LogP contribution >= 0.6 is 27.7 Å². The molecule has 4 nitrogen and oxygen atoms in total. The van der Waals surface area contributed by atoms with Crippen LogP contribution in [-0.4, -0.2) is 20.5 Å². The van der Waals surface area contributed by atoms with Gasteiger partial charge in [0.1, 0.15) is 5.82 Å². The Balaban J connectivity index is 1.82. The van der Waals surface area contributed by atoms with E-state index in [1.165, 1.54) is 0 Å². The Bertz CT molecular complexity index is 454. The first-order valence-electron chi connectivity index (χ1n) is 4.77. The number of aromatic nitrogens is 3. The molecule has 0 saturated carbocycles. The number of pyridine rings is 1. The highest BCUT2D eigenvalue weighted by atomic mass is 79.9. The van der Waals surface area contributed by atoms with Crippen molar-refractivity contribution in [3.05, 3.63) is 35.1 Å². The highest BCUT2D eigenvalue weighted by molar-refractivity contribution is 9.10. The summed E-state index contributed by atoms with van der Waals surface area (Å²) in [5.74, 6) is 1.49. The summed E-state index contributed by atoms with van der Waals surface area (Å²) in [7, 11) is 0. The Morgan fingerprint density at radius 1 is 1.38 bits per heavy atom. The minimum absolute atomic E-state index is 0.562. The Kier molecular flexibility index (Phi) is 3.84. The first-order valence-corrected chi connectivity index (χ1v) is 6.55. The maximum atomic E-state index is 5.52. The van der Waals surface area contributed by atoms with E-state index in [0.717, 1.165) is 21.8 Å². The second-order valence-electron chi connectivity index (χ2n) is 3.17. The normalized spacial score (nSPS) is 10.6. The van der Waals surface area contributed by atoms with Gasteiger partial charge in [-0.15, -0.1) is 11.8 Å². The maximum absolute atomic E-state index is 5.52. The van der Waals surface area contributed by atoms with Gasteiger partial charge in [-0.3, -0.25) is 4.68 Å². The number of halogens is 1. The molecule has 84 valence electrons. The van der Waals surface area contributed by atoms with Crippen molar-refractivity contribution in [2.75, 3.05) is 11.5 Å². The molecule has 0 aromatic carbocycles. The molecule has 0 saturated heterocycles. The second-order valence-corrected chi connectivity index (χ2v) is 5.20. The van der Waals surface area contributed by atoms with Gasteiger partial charge in [-0.05, 0) is 34.1 Å². The molecule has 0 unspecified atom stereocenters. The van der Waals surface area contributed by atoms with Crippen molar-refractivity contribution in [1.82, 2.24) is 14.8 Å². The van der Waals surface area contributed by atoms with Crippen LogP contribution in [0.15, 0.2) is 40.1 Å². The number of hydrogen-bond donors (Lipinski definition) is 1. The summed E-state index contributed by atoms with van der Waals surface area (Å²) in [6.07, 6.45) is 3.68. The van der Waals surface area contributed by atoms with Crippen LogP contribution in [-0.2, 0) is 6.54 Å². The van der Waals surface area contributed by atoms with Gasteiger partial charge in [-0.2, -0.15) is 5.10 Å². The van der Waals surface area contributed by atoms with Crippen LogP contribution in [0, 0.1) is 0 Å². The standard InChI is InChI=1S/C10H11BrN4S/c11-8-1-2-10(13-7-8)16-6-5-15-4-3-9(12)14-15/h1-4,7H,5-6H2,(H2,12,14). The lowest BCUT2D eigenvalue weighted by Gasteiger charge is -2.01. The molecule has 0 atom stereocenters. The fraction of sp³-hybridized carbons (Fsp3) is 0.200. The summed E-state index contributed by atoms with van der Waals surface area (Å²) in [5.41, 5.74) is 5.52. The highest BCUT2D eigenvalue weighted by Crippen LogP contribution is 2.17. The number of hydrogen-bond acceptors (Lipinski definition) is 4. The fourth-order valence-corrected chi connectivity index (χ4v) is 2.21. The lowest BCUT2D eigenvalue weighted by Crippen LogP contribution is -2.01. The minimum atomic E-state index is 0.562. The lowest BCUT2D eigenvalue weighted by atomic mass is 10.5. The van der Waals surface area contributed by atoms with Gasteiger partial charge >= 0.3 is 0 Å². The van der Waals surface area contributed by atoms with Crippen molar-refractivity contribution >= 4 is 33.5 Å². The van der Waals surface area contributed by atoms with Crippen LogP contribution in [0.1, 0.15) is 0 Å². The van der Waals surface area contributed by atoms with E-state index in [9.17, 15) is 0 Å². The number of aryl methyl sites for hydroxylation is 1. The molecular formula is C10H11BrN4S. The van der Waals surface area contributed by atoms with Crippen molar-refractivity contribution < 1.29 is 0 Å². The van der Waals surface area contributed by atoms with E-state index in [1.807, 2.05) is 23.0 Å². The van der Waals surface area contributed by atoms with Gasteiger partial charge in [0.2, 0.25) is 0 Å². The van der Waals surface area contributed by atoms with Crippen molar-refractivity contribution in [2.24, 2.45) is 0 Å². The van der Waals surface area contributed by atoms with Crippen molar-refractivity contribution in [2.45, 2.75) is 11.6 Å². The average molecular weight is 299 g/mol. The van der Waals surface area contributed by atoms with Crippen LogP contribution in [0.5, 0.6) is 0 Å². The lowest BCUT2D eigenvalue weighted by molar-refractivity contribution is 0.669. The summed E-state index contributed by atoms with van der Waals surface area (Å²) in [6.45, 7) is 0.833. The number of thioether (sulfide) groups is 1. The fourth-order valence-electron chi connectivity index (χ4n) is 1.19. The first-order chi connectivity index (χ1) is 7.74. The van der Waals surface area contributed by atoms with Gasteiger partial charge in [0.05, 0.1) is 11.6 Å². The van der Waals surface area contributed by atoms with Crippen LogP contribution in [0.2, 0.25) is 0 Å². The van der Waals surface area contributed by atoms with Gasteiger partial charge in [0.25, 0.3) is 0 Å². The maximum Gasteiger partial charge on any atom is 0.145 e. The summed E-state index contributed by atoms with van der Waals surface area (Å²) < 4.78 is 2.83. The van der Waals surface area contributed by atoms with Gasteiger partial charge in [0.15, 0.2) is 0 Å². The monoisotopic (exact) mass is 298 g/mol. The van der Waals surface area contributed by atoms with Gasteiger partial charge in [-0.25, -0.2) is 4.98 Å². The SMILES string of the molecule is Nc1ccn(CCSc2ccc(Br)cn2)n1. The van der Waals surface area contributed by atoms with E-state index < -0.39 is 0 Å². The van der Waals surface area contributed by atoms with Crippen LogP contribution in [0.4, 0.5) is 5.82 Å². The number of nitrogens with zero attached hydrogens (tertiary/aromatic N) is 3. The largest absolute Gasteiger partial charge is 0.382 e. The van der Waals surface area contributed by atoms with E-state index in [0.29, 0.717) is 5.82 Å². The highest BCUT2D eigenvalue weighted by Gasteiger charge is 1.98. The van der Waals surface area contributed by atoms with Crippen molar-refractivity contribution in [1.29, 1.82) is 0 Å². The first kappa shape index (κ1) is 11.5. The molecule has 2 heterocycles. The van der Waals surface area contributed by atoms with Crippen molar-refractivity contribution in [3.63, 3.8) is 0 Å². The molecule has 0 aliphatic heterocycles. The molecule has 0 radical (unpaired) electrons. The molecule has 0 spiro atoms. The predicted molar refractivity (Wildman–Crippen MR) is 69.3 cm³/mol. The number of anilines is 1. The third-order valence-electron chi connectivity index (χ3n) is 1.93. The zero-order valence-electron chi connectivity index (χ0n) is 8.51. The van der Waals surface area contributed by atoms with Gasteiger partial charge < -0.3 is 5.73 Å². The quantitative estimate of drug-likeness (QED) is 0.881. The Morgan fingerprint density at radius 3 is 2.88 bits per heavy atom. The molecule has 2 rings (SSSR count). The molecule has 16 heavy (non-hydrogen) atoms. The Morgan fingerprint density at radius 2 is 2.25 bits per heavy atom. The van der Waals surface area contributed by atoms with E-state index >= 15 is 0 Å². The summed E-state index contributed by atoms with van der Waals surface area (Å²) in [6, 6.07) is 5.77. The van der Waals surface area contributed by atoms with Crippen LogP contribution < -0.4 is 5.73 Å². The van der Waals surface area contributed by atoms with E-state index in [4.69, 9.17) is 5.73 Å².